The number of rotatable bonds is 10. The number of hydrogen-bond acceptors (Lipinski definition) is 3. The molecule has 2 heterocycles. The summed E-state index contributed by atoms with van der Waals surface area (Å²) in [6, 6.07) is 8.64. The minimum atomic E-state index is -0.744. The number of nitrogens with zero attached hydrogens (tertiary/aromatic N) is 2. The Kier molecular flexibility index (Phi) is 8.45. The zero-order chi connectivity index (χ0) is 22.6. The number of fused-ring (bicyclic) bond motifs is 4. The summed E-state index contributed by atoms with van der Waals surface area (Å²) in [5.41, 5.74) is 6.34. The lowest BCUT2D eigenvalue weighted by atomic mass is 9.73. The highest BCUT2D eigenvalue weighted by molar-refractivity contribution is 6.31. The molecule has 1 aliphatic carbocycles. The number of primary amides is 1. The fourth-order valence-electron chi connectivity index (χ4n) is 5.99. The largest absolute Gasteiger partial charge is 0.369 e. The molecule has 1 saturated carbocycles. The number of hydrogen-bond donors (Lipinski definition) is 1. The van der Waals surface area contributed by atoms with Gasteiger partial charge in [0.2, 0.25) is 5.91 Å². The molecule has 1 amide bonds. The Balaban J connectivity index is 1.85. The van der Waals surface area contributed by atoms with Crippen LogP contribution in [0.3, 0.4) is 0 Å². The van der Waals surface area contributed by atoms with Crippen LogP contribution in [0.4, 0.5) is 0 Å². The first-order valence-corrected chi connectivity index (χ1v) is 12.6. The third kappa shape index (κ3) is 5.83. The second kappa shape index (κ2) is 10.7. The monoisotopic (exact) mass is 447 g/mol. The van der Waals surface area contributed by atoms with Crippen molar-refractivity contribution in [3.63, 3.8) is 0 Å². The molecule has 5 heteroatoms. The van der Waals surface area contributed by atoms with E-state index >= 15 is 0 Å². The van der Waals surface area contributed by atoms with Gasteiger partial charge in [-0.1, -0.05) is 29.8 Å². The van der Waals surface area contributed by atoms with E-state index in [-0.39, 0.29) is 5.91 Å². The average Bonchev–Trinajstić information content (AvgIpc) is 3.03. The van der Waals surface area contributed by atoms with Gasteiger partial charge < -0.3 is 10.6 Å². The first-order chi connectivity index (χ1) is 14.7. The molecule has 2 saturated heterocycles. The van der Waals surface area contributed by atoms with Gasteiger partial charge >= 0.3 is 0 Å². The average molecular weight is 448 g/mol. The van der Waals surface area contributed by atoms with Gasteiger partial charge in [0.05, 0.1) is 5.41 Å². The minimum Gasteiger partial charge on any atom is -0.369 e. The van der Waals surface area contributed by atoms with E-state index in [0.717, 1.165) is 50.0 Å². The molecule has 0 spiro atoms. The molecule has 0 radical (unpaired) electrons. The lowest BCUT2D eigenvalue weighted by Gasteiger charge is -2.38. The van der Waals surface area contributed by atoms with Gasteiger partial charge in [-0.25, -0.2) is 0 Å². The molecule has 4 nitrogen and oxygen atoms in total. The number of nitrogens with two attached hydrogens (primary N) is 1. The molecule has 174 valence electrons. The van der Waals surface area contributed by atoms with Crippen molar-refractivity contribution >= 4 is 17.5 Å². The Bertz CT molecular complexity index is 707. The molecule has 2 aliphatic heterocycles. The summed E-state index contributed by atoms with van der Waals surface area (Å²) in [5.74, 6) is 1.39. The normalized spacial score (nSPS) is 24.0. The summed E-state index contributed by atoms with van der Waals surface area (Å²) in [5, 5.41) is 0.651. The van der Waals surface area contributed by atoms with Gasteiger partial charge in [-0.15, -0.1) is 0 Å². The maximum atomic E-state index is 13.1. The highest BCUT2D eigenvalue weighted by Crippen LogP contribution is 2.39. The molecule has 1 aromatic rings. The first-order valence-electron chi connectivity index (χ1n) is 12.3. The standard InChI is InChI=1S/C26H42ClN3O/c1-19(2)30(20(3)4)16-14-26(25(28)31,23-7-5-6-8-24(23)27)13-15-29-17-21-9-10-22(18-29)12-11-21/h5-8,19-22H,9-18H2,1-4H3,(H2,28,31). The Morgan fingerprint density at radius 2 is 1.61 bits per heavy atom. The van der Waals surface area contributed by atoms with Gasteiger partial charge in [-0.2, -0.15) is 0 Å². The molecular weight excluding hydrogens is 406 g/mol. The van der Waals surface area contributed by atoms with Crippen molar-refractivity contribution in [2.24, 2.45) is 17.6 Å². The van der Waals surface area contributed by atoms with E-state index in [4.69, 9.17) is 17.3 Å². The number of amides is 1. The summed E-state index contributed by atoms with van der Waals surface area (Å²) >= 11 is 6.66. The molecule has 3 aliphatic rings. The molecule has 1 aromatic carbocycles. The predicted molar refractivity (Wildman–Crippen MR) is 130 cm³/mol. The van der Waals surface area contributed by atoms with E-state index in [9.17, 15) is 4.79 Å². The van der Waals surface area contributed by atoms with Crippen LogP contribution in [0.1, 0.15) is 71.8 Å². The number of halogens is 1. The van der Waals surface area contributed by atoms with E-state index in [2.05, 4.69) is 37.5 Å². The van der Waals surface area contributed by atoms with Crippen LogP contribution in [0.5, 0.6) is 0 Å². The number of carbonyl (C=O) groups excluding carboxylic acids is 1. The summed E-state index contributed by atoms with van der Waals surface area (Å²) in [7, 11) is 0. The molecule has 0 aromatic heterocycles. The number of carbonyl (C=O) groups is 1. The number of benzene rings is 1. The van der Waals surface area contributed by atoms with Gasteiger partial charge in [0.15, 0.2) is 0 Å². The van der Waals surface area contributed by atoms with Gasteiger partial charge in [0.1, 0.15) is 0 Å². The van der Waals surface area contributed by atoms with Crippen LogP contribution in [0.25, 0.3) is 0 Å². The van der Waals surface area contributed by atoms with Crippen molar-refractivity contribution in [2.45, 2.75) is 83.7 Å². The van der Waals surface area contributed by atoms with Crippen molar-refractivity contribution in [1.82, 2.24) is 9.80 Å². The van der Waals surface area contributed by atoms with Crippen LogP contribution in [-0.2, 0) is 10.2 Å². The molecule has 4 rings (SSSR count). The highest BCUT2D eigenvalue weighted by atomic mass is 35.5. The van der Waals surface area contributed by atoms with Crippen LogP contribution in [0.15, 0.2) is 24.3 Å². The predicted octanol–water partition coefficient (Wildman–Crippen LogP) is 5.08. The maximum Gasteiger partial charge on any atom is 0.228 e. The van der Waals surface area contributed by atoms with Crippen molar-refractivity contribution in [3.8, 4) is 0 Å². The van der Waals surface area contributed by atoms with Gasteiger partial charge in [-0.05, 0) is 96.2 Å². The smallest absolute Gasteiger partial charge is 0.228 e. The second-order valence-electron chi connectivity index (χ2n) is 10.5. The Morgan fingerprint density at radius 3 is 2.10 bits per heavy atom. The Hall–Kier alpha value is -1.10. The lowest BCUT2D eigenvalue weighted by Crippen LogP contribution is -2.48. The second-order valence-corrected chi connectivity index (χ2v) is 10.9. The quantitative estimate of drug-likeness (QED) is 0.543. The molecule has 2 N–H and O–H groups in total. The summed E-state index contributed by atoms with van der Waals surface area (Å²) in [6.07, 6.45) is 6.89. The van der Waals surface area contributed by atoms with E-state index in [1.807, 2.05) is 24.3 Å². The highest BCUT2D eigenvalue weighted by Gasteiger charge is 2.41. The van der Waals surface area contributed by atoms with E-state index in [0.29, 0.717) is 23.5 Å². The molecular formula is C26H42ClN3O. The lowest BCUT2D eigenvalue weighted by molar-refractivity contribution is -0.124. The van der Waals surface area contributed by atoms with Gasteiger partial charge in [0, 0.05) is 36.7 Å². The van der Waals surface area contributed by atoms with Crippen LogP contribution >= 0.6 is 11.6 Å². The molecule has 3 fully saturated rings. The van der Waals surface area contributed by atoms with Crippen molar-refractivity contribution in [1.29, 1.82) is 0 Å². The van der Waals surface area contributed by atoms with Crippen LogP contribution < -0.4 is 5.73 Å². The third-order valence-corrected chi connectivity index (χ3v) is 8.17. The van der Waals surface area contributed by atoms with Crippen LogP contribution in [-0.4, -0.2) is 54.0 Å². The van der Waals surface area contributed by atoms with E-state index in [1.54, 1.807) is 0 Å². The zero-order valence-electron chi connectivity index (χ0n) is 19.9. The summed E-state index contributed by atoms with van der Waals surface area (Å²) < 4.78 is 0. The molecule has 1 unspecified atom stereocenters. The SMILES string of the molecule is CC(C)N(CCC(CCN1CC2CCC(CC2)C1)(C(N)=O)c1ccccc1Cl)C(C)C. The zero-order valence-corrected chi connectivity index (χ0v) is 20.7. The minimum absolute atomic E-state index is 0.245. The van der Waals surface area contributed by atoms with Gasteiger partial charge in [-0.3, -0.25) is 9.69 Å². The van der Waals surface area contributed by atoms with Crippen molar-refractivity contribution < 1.29 is 4.79 Å². The fourth-order valence-corrected chi connectivity index (χ4v) is 6.31. The molecule has 1 atom stereocenters. The summed E-state index contributed by atoms with van der Waals surface area (Å²) in [6.45, 7) is 12.9. The van der Waals surface area contributed by atoms with Crippen molar-refractivity contribution in [2.75, 3.05) is 26.2 Å². The Morgan fingerprint density at radius 1 is 1.06 bits per heavy atom. The summed E-state index contributed by atoms with van der Waals surface area (Å²) in [4.78, 5) is 18.2. The van der Waals surface area contributed by atoms with Gasteiger partial charge in [0.25, 0.3) is 0 Å². The third-order valence-electron chi connectivity index (χ3n) is 7.84. The van der Waals surface area contributed by atoms with E-state index < -0.39 is 5.41 Å². The fraction of sp³-hybridized carbons (Fsp3) is 0.731. The Labute approximate surface area is 194 Å². The first kappa shape index (κ1) is 24.5. The van der Waals surface area contributed by atoms with Crippen LogP contribution in [0, 0.1) is 11.8 Å². The van der Waals surface area contributed by atoms with E-state index in [1.165, 1.54) is 25.7 Å². The van der Waals surface area contributed by atoms with Crippen molar-refractivity contribution in [3.05, 3.63) is 34.9 Å². The molecule has 31 heavy (non-hydrogen) atoms. The van der Waals surface area contributed by atoms with Crippen LogP contribution in [0.2, 0.25) is 5.02 Å². The molecule has 2 bridgehead atoms. The topological polar surface area (TPSA) is 49.6 Å². The maximum absolute atomic E-state index is 13.1.